The topological polar surface area (TPSA) is 51.2 Å². The zero-order valence-electron chi connectivity index (χ0n) is 12.9. The molecule has 2 aromatic rings. The molecule has 0 atom stereocenters. The molecule has 0 radical (unpaired) electrons. The van der Waals surface area contributed by atoms with Crippen molar-refractivity contribution >= 4 is 17.7 Å². The first-order valence-electron chi connectivity index (χ1n) is 7.96. The van der Waals surface area contributed by atoms with Crippen LogP contribution in [-0.4, -0.2) is 17.0 Å². The Morgan fingerprint density at radius 2 is 2.04 bits per heavy atom. The molecular weight excluding hydrogens is 288 g/mol. The molecule has 0 aliphatic heterocycles. The first-order chi connectivity index (χ1) is 11.3. The molecule has 4 heteroatoms. The summed E-state index contributed by atoms with van der Waals surface area (Å²) in [7, 11) is 0. The van der Waals surface area contributed by atoms with Crippen LogP contribution in [0.1, 0.15) is 31.4 Å². The summed E-state index contributed by atoms with van der Waals surface area (Å²) in [5.74, 6) is 0.622. The van der Waals surface area contributed by atoms with E-state index in [4.69, 9.17) is 4.74 Å². The summed E-state index contributed by atoms with van der Waals surface area (Å²) in [6.07, 6.45) is 9.87. The van der Waals surface area contributed by atoms with Crippen LogP contribution in [0.2, 0.25) is 0 Å². The van der Waals surface area contributed by atoms with Gasteiger partial charge >= 0.3 is 0 Å². The first-order valence-corrected chi connectivity index (χ1v) is 7.96. The van der Waals surface area contributed by atoms with Crippen molar-refractivity contribution in [3.63, 3.8) is 0 Å². The molecule has 0 unspecified atom stereocenters. The molecule has 118 valence electrons. The van der Waals surface area contributed by atoms with Gasteiger partial charge in [0.15, 0.2) is 0 Å². The van der Waals surface area contributed by atoms with Crippen molar-refractivity contribution in [2.24, 2.45) is 0 Å². The molecule has 1 aliphatic carbocycles. The van der Waals surface area contributed by atoms with Crippen LogP contribution in [-0.2, 0) is 4.79 Å². The molecule has 4 nitrogen and oxygen atoms in total. The molecule has 1 fully saturated rings. The van der Waals surface area contributed by atoms with Gasteiger partial charge in [-0.2, -0.15) is 0 Å². The summed E-state index contributed by atoms with van der Waals surface area (Å²) in [5.41, 5.74) is 1.48. The molecule has 1 aromatic carbocycles. The lowest BCUT2D eigenvalue weighted by atomic mass is 10.2. The molecule has 1 N–H and O–H groups in total. The molecule has 1 heterocycles. The molecule has 1 aromatic heterocycles. The van der Waals surface area contributed by atoms with Gasteiger partial charge in [-0.25, -0.2) is 0 Å². The monoisotopic (exact) mass is 308 g/mol. The minimum absolute atomic E-state index is 0.186. The van der Waals surface area contributed by atoms with E-state index in [2.05, 4.69) is 10.3 Å². The number of carbonyl (C=O) groups is 1. The average molecular weight is 308 g/mol. The standard InChI is InChI=1S/C19H20N2O2/c22-19(12-11-15-6-3-4-13-20-15)21-16-7-5-10-18(14-16)23-17-8-1-2-9-17/h3-7,10-14,17H,1-2,8-9H2,(H,21,22)/b12-11-. The van der Waals surface area contributed by atoms with Crippen molar-refractivity contribution < 1.29 is 9.53 Å². The van der Waals surface area contributed by atoms with Gasteiger partial charge in [-0.3, -0.25) is 9.78 Å². The van der Waals surface area contributed by atoms with Crippen LogP contribution in [0.4, 0.5) is 5.69 Å². The lowest BCUT2D eigenvalue weighted by molar-refractivity contribution is -0.111. The van der Waals surface area contributed by atoms with E-state index in [9.17, 15) is 4.79 Å². The van der Waals surface area contributed by atoms with Gasteiger partial charge in [0.2, 0.25) is 5.91 Å². The van der Waals surface area contributed by atoms with Crippen LogP contribution in [0.15, 0.2) is 54.7 Å². The number of amides is 1. The molecule has 0 spiro atoms. The van der Waals surface area contributed by atoms with Gasteiger partial charge in [0.25, 0.3) is 0 Å². The maximum Gasteiger partial charge on any atom is 0.248 e. The number of nitrogens with one attached hydrogen (secondary N) is 1. The highest BCUT2D eigenvalue weighted by atomic mass is 16.5. The summed E-state index contributed by atoms with van der Waals surface area (Å²) in [4.78, 5) is 16.1. The zero-order chi connectivity index (χ0) is 15.9. The fourth-order valence-electron chi connectivity index (χ4n) is 2.67. The van der Waals surface area contributed by atoms with Crippen LogP contribution < -0.4 is 10.1 Å². The number of aromatic nitrogens is 1. The number of anilines is 1. The summed E-state index contributed by atoms with van der Waals surface area (Å²) >= 11 is 0. The van der Waals surface area contributed by atoms with E-state index in [1.54, 1.807) is 12.3 Å². The second kappa shape index (κ2) is 7.58. The molecular formula is C19H20N2O2. The number of hydrogen-bond donors (Lipinski definition) is 1. The Balaban J connectivity index is 1.58. The van der Waals surface area contributed by atoms with Crippen molar-refractivity contribution in [1.82, 2.24) is 4.98 Å². The maximum atomic E-state index is 12.0. The second-order valence-electron chi connectivity index (χ2n) is 5.63. The van der Waals surface area contributed by atoms with Gasteiger partial charge < -0.3 is 10.1 Å². The predicted octanol–water partition coefficient (Wildman–Crippen LogP) is 4.05. The fraction of sp³-hybridized carbons (Fsp3) is 0.263. The number of nitrogens with zero attached hydrogens (tertiary/aromatic N) is 1. The highest BCUT2D eigenvalue weighted by molar-refractivity contribution is 6.01. The Hall–Kier alpha value is -2.62. The zero-order valence-corrected chi connectivity index (χ0v) is 12.9. The lowest BCUT2D eigenvalue weighted by Gasteiger charge is -2.13. The van der Waals surface area contributed by atoms with Crippen LogP contribution in [0, 0.1) is 0 Å². The minimum atomic E-state index is -0.186. The Morgan fingerprint density at radius 3 is 2.83 bits per heavy atom. The highest BCUT2D eigenvalue weighted by Crippen LogP contribution is 2.25. The van der Waals surface area contributed by atoms with E-state index in [0.717, 1.165) is 30.0 Å². The molecule has 1 saturated carbocycles. The van der Waals surface area contributed by atoms with Crippen LogP contribution in [0.25, 0.3) is 6.08 Å². The van der Waals surface area contributed by atoms with E-state index in [0.29, 0.717) is 6.10 Å². The second-order valence-corrected chi connectivity index (χ2v) is 5.63. The minimum Gasteiger partial charge on any atom is -0.490 e. The number of rotatable bonds is 5. The maximum absolute atomic E-state index is 12.0. The van der Waals surface area contributed by atoms with E-state index in [1.165, 1.54) is 18.9 Å². The Bertz CT molecular complexity index is 677. The number of benzene rings is 1. The first kappa shape index (κ1) is 15.3. The SMILES string of the molecule is O=C(/C=C\c1ccccn1)Nc1cccc(OC2CCCC2)c1. The van der Waals surface area contributed by atoms with Gasteiger partial charge in [0.05, 0.1) is 11.8 Å². The molecule has 1 amide bonds. The van der Waals surface area contributed by atoms with E-state index in [-0.39, 0.29) is 5.91 Å². The molecule has 3 rings (SSSR count). The fourth-order valence-corrected chi connectivity index (χ4v) is 2.67. The Kier molecular flexibility index (Phi) is 5.04. The molecule has 23 heavy (non-hydrogen) atoms. The third-order valence-corrected chi connectivity index (χ3v) is 3.80. The van der Waals surface area contributed by atoms with Gasteiger partial charge in [-0.1, -0.05) is 12.1 Å². The van der Waals surface area contributed by atoms with Gasteiger partial charge in [-0.15, -0.1) is 0 Å². The van der Waals surface area contributed by atoms with Crippen LogP contribution in [0.3, 0.4) is 0 Å². The Morgan fingerprint density at radius 1 is 1.17 bits per heavy atom. The van der Waals surface area contributed by atoms with Crippen molar-refractivity contribution in [1.29, 1.82) is 0 Å². The highest BCUT2D eigenvalue weighted by Gasteiger charge is 2.16. The normalized spacial score (nSPS) is 15.0. The number of ether oxygens (including phenoxy) is 1. The van der Waals surface area contributed by atoms with Crippen molar-refractivity contribution in [3.05, 3.63) is 60.4 Å². The van der Waals surface area contributed by atoms with Gasteiger partial charge in [-0.05, 0) is 56.0 Å². The number of carbonyl (C=O) groups excluding carboxylic acids is 1. The Labute approximate surface area is 136 Å². The molecule has 0 saturated heterocycles. The summed E-state index contributed by atoms with van der Waals surface area (Å²) < 4.78 is 5.95. The predicted molar refractivity (Wildman–Crippen MR) is 91.2 cm³/mol. The summed E-state index contributed by atoms with van der Waals surface area (Å²) in [6.45, 7) is 0. The quantitative estimate of drug-likeness (QED) is 0.848. The third-order valence-electron chi connectivity index (χ3n) is 3.80. The summed E-state index contributed by atoms with van der Waals surface area (Å²) in [6, 6.07) is 13.1. The molecule has 0 bridgehead atoms. The third kappa shape index (κ3) is 4.68. The van der Waals surface area contributed by atoms with Gasteiger partial charge in [0.1, 0.15) is 5.75 Å². The van der Waals surface area contributed by atoms with E-state index >= 15 is 0 Å². The van der Waals surface area contributed by atoms with Crippen molar-refractivity contribution in [2.45, 2.75) is 31.8 Å². The van der Waals surface area contributed by atoms with Crippen LogP contribution >= 0.6 is 0 Å². The number of pyridine rings is 1. The lowest BCUT2D eigenvalue weighted by Crippen LogP contribution is -2.11. The van der Waals surface area contributed by atoms with Crippen LogP contribution in [0.5, 0.6) is 5.75 Å². The van der Waals surface area contributed by atoms with E-state index in [1.807, 2.05) is 42.5 Å². The average Bonchev–Trinajstić information content (AvgIpc) is 3.07. The summed E-state index contributed by atoms with van der Waals surface area (Å²) in [5, 5.41) is 2.84. The van der Waals surface area contributed by atoms with Crippen molar-refractivity contribution in [2.75, 3.05) is 5.32 Å². The van der Waals surface area contributed by atoms with Gasteiger partial charge in [0, 0.05) is 24.0 Å². The van der Waals surface area contributed by atoms with E-state index < -0.39 is 0 Å². The number of hydrogen-bond acceptors (Lipinski definition) is 3. The van der Waals surface area contributed by atoms with Crippen molar-refractivity contribution in [3.8, 4) is 5.75 Å². The molecule has 1 aliphatic rings. The largest absolute Gasteiger partial charge is 0.490 e. The smallest absolute Gasteiger partial charge is 0.248 e.